The number of carbonyl (C=O) groups excluding carboxylic acids is 2. The van der Waals surface area contributed by atoms with Crippen LogP contribution in [0.4, 0.5) is 0 Å². The Morgan fingerprint density at radius 2 is 1.05 bits per heavy atom. The van der Waals surface area contributed by atoms with Gasteiger partial charge in [-0.15, -0.1) is 0 Å². The summed E-state index contributed by atoms with van der Waals surface area (Å²) in [5, 5.41) is 23.5. The zero-order chi connectivity index (χ0) is 41.0. The fourth-order valence-corrected chi connectivity index (χ4v) is 5.65. The highest BCUT2D eigenvalue weighted by atomic mass is 16.5. The highest BCUT2D eigenvalue weighted by Crippen LogP contribution is 2.14. The van der Waals surface area contributed by atoms with E-state index in [1.54, 1.807) is 6.08 Å². The van der Waals surface area contributed by atoms with Crippen LogP contribution in [0.15, 0.2) is 122 Å². The van der Waals surface area contributed by atoms with Crippen molar-refractivity contribution >= 4 is 11.9 Å². The van der Waals surface area contributed by atoms with Crippen LogP contribution in [0.3, 0.4) is 0 Å². The smallest absolute Gasteiger partial charge is 0.306 e. The predicted molar refractivity (Wildman–Crippen MR) is 240 cm³/mol. The van der Waals surface area contributed by atoms with E-state index in [0.717, 1.165) is 57.8 Å². The summed E-state index contributed by atoms with van der Waals surface area (Å²) in [6, 6.07) is -0.762. The molecule has 0 aromatic rings. The maximum Gasteiger partial charge on any atom is 0.306 e. The standard InChI is InChI=1S/C50H79NO5/c1-4-7-10-13-16-19-22-24-26-27-29-32-35-38-41-46(56-50(55)43-40-37-34-31-28-25-23-20-17-14-11-8-5-2)44-49(54)51-47(45-52)48(53)42-39-36-33-30-21-18-15-12-9-6-3/h7-8,10-11,14,16-17,19-20,23-26,28-29,31-32,34,38,41,46-48,52-53H,4-6,9,12-13,15,18,21-22,27,30,33,35-37,39-40,42-45H2,1-3H3,(H,51,54)/b10-7+,11-8+,17-14+,19-16+,23-20-,26-24+,28-25-,32-29+,34-31+,41-38+. The quantitative estimate of drug-likeness (QED) is 0.0255. The number of allylic oxidation sites excluding steroid dienone is 19. The maximum atomic E-state index is 13.1. The van der Waals surface area contributed by atoms with Crippen molar-refractivity contribution < 1.29 is 24.5 Å². The first-order chi connectivity index (χ1) is 27.5. The molecule has 0 heterocycles. The molecule has 314 valence electrons. The van der Waals surface area contributed by atoms with E-state index in [2.05, 4.69) is 80.8 Å². The lowest BCUT2D eigenvalue weighted by Crippen LogP contribution is -2.46. The van der Waals surface area contributed by atoms with Crippen molar-refractivity contribution in [2.45, 2.75) is 174 Å². The molecule has 0 aliphatic rings. The first-order valence-corrected chi connectivity index (χ1v) is 21.8. The van der Waals surface area contributed by atoms with Gasteiger partial charge in [0, 0.05) is 6.42 Å². The second kappa shape index (κ2) is 42.4. The van der Waals surface area contributed by atoms with Crippen molar-refractivity contribution in [3.05, 3.63) is 122 Å². The van der Waals surface area contributed by atoms with Crippen molar-refractivity contribution in [1.82, 2.24) is 5.32 Å². The molecule has 6 heteroatoms. The molecule has 1 amide bonds. The van der Waals surface area contributed by atoms with Crippen LogP contribution in [-0.4, -0.2) is 46.9 Å². The second-order valence-electron chi connectivity index (χ2n) is 14.1. The highest BCUT2D eigenvalue weighted by Gasteiger charge is 2.23. The minimum atomic E-state index is -0.837. The summed E-state index contributed by atoms with van der Waals surface area (Å²) in [6.45, 7) is 6.11. The Labute approximate surface area is 342 Å². The lowest BCUT2D eigenvalue weighted by atomic mass is 10.0. The third kappa shape index (κ3) is 37.2. The third-order valence-electron chi connectivity index (χ3n) is 8.91. The number of hydrogen-bond acceptors (Lipinski definition) is 5. The molecule has 0 fully saturated rings. The van der Waals surface area contributed by atoms with E-state index in [0.29, 0.717) is 19.3 Å². The summed E-state index contributed by atoms with van der Waals surface area (Å²) >= 11 is 0. The molecular weight excluding hydrogens is 695 g/mol. The zero-order valence-corrected chi connectivity index (χ0v) is 35.5. The van der Waals surface area contributed by atoms with Crippen molar-refractivity contribution in [3.8, 4) is 0 Å². The minimum absolute atomic E-state index is 0.0831. The monoisotopic (exact) mass is 774 g/mol. The topological polar surface area (TPSA) is 95.9 Å². The molecule has 0 radical (unpaired) electrons. The summed E-state index contributed by atoms with van der Waals surface area (Å²) in [6.07, 6.45) is 58.6. The minimum Gasteiger partial charge on any atom is -0.458 e. The predicted octanol–water partition coefficient (Wildman–Crippen LogP) is 12.5. The van der Waals surface area contributed by atoms with Crippen LogP contribution in [0.1, 0.15) is 156 Å². The van der Waals surface area contributed by atoms with E-state index in [1.807, 2.05) is 60.8 Å². The molecule has 0 aliphatic heterocycles. The highest BCUT2D eigenvalue weighted by molar-refractivity contribution is 5.78. The lowest BCUT2D eigenvalue weighted by molar-refractivity contribution is -0.148. The third-order valence-corrected chi connectivity index (χ3v) is 8.91. The van der Waals surface area contributed by atoms with Gasteiger partial charge in [-0.1, -0.05) is 200 Å². The van der Waals surface area contributed by atoms with E-state index in [1.165, 1.54) is 44.9 Å². The molecule has 3 atom stereocenters. The molecule has 6 nitrogen and oxygen atoms in total. The summed E-state index contributed by atoms with van der Waals surface area (Å²) in [7, 11) is 0. The van der Waals surface area contributed by atoms with Gasteiger partial charge >= 0.3 is 5.97 Å². The second-order valence-corrected chi connectivity index (χ2v) is 14.1. The van der Waals surface area contributed by atoms with Gasteiger partial charge in [0.2, 0.25) is 5.91 Å². The van der Waals surface area contributed by atoms with Gasteiger partial charge < -0.3 is 20.3 Å². The van der Waals surface area contributed by atoms with Gasteiger partial charge in [0.15, 0.2) is 0 Å². The average molecular weight is 774 g/mol. The number of nitrogens with one attached hydrogen (secondary N) is 1. The van der Waals surface area contributed by atoms with Crippen LogP contribution in [0.2, 0.25) is 0 Å². The Bertz CT molecular complexity index is 1230. The van der Waals surface area contributed by atoms with Gasteiger partial charge in [-0.25, -0.2) is 0 Å². The number of aliphatic hydroxyl groups is 2. The molecule has 0 spiro atoms. The molecule has 0 aromatic heterocycles. The first kappa shape index (κ1) is 52.3. The number of rotatable bonds is 36. The fourth-order valence-electron chi connectivity index (χ4n) is 5.65. The Kier molecular flexibility index (Phi) is 39.6. The van der Waals surface area contributed by atoms with E-state index < -0.39 is 18.2 Å². The number of aliphatic hydroxyl groups excluding tert-OH is 2. The molecule has 3 unspecified atom stereocenters. The molecule has 0 aromatic carbocycles. The van der Waals surface area contributed by atoms with Crippen molar-refractivity contribution in [2.24, 2.45) is 0 Å². The Morgan fingerprint density at radius 1 is 0.571 bits per heavy atom. The number of esters is 1. The van der Waals surface area contributed by atoms with Gasteiger partial charge in [0.25, 0.3) is 0 Å². The molecular formula is C50H79NO5. The van der Waals surface area contributed by atoms with Crippen LogP contribution in [-0.2, 0) is 14.3 Å². The molecule has 56 heavy (non-hydrogen) atoms. The number of amides is 1. The maximum absolute atomic E-state index is 13.1. The van der Waals surface area contributed by atoms with E-state index >= 15 is 0 Å². The van der Waals surface area contributed by atoms with Gasteiger partial charge in [-0.2, -0.15) is 0 Å². The van der Waals surface area contributed by atoms with E-state index in [-0.39, 0.29) is 31.3 Å². The zero-order valence-electron chi connectivity index (χ0n) is 35.5. The number of hydrogen-bond donors (Lipinski definition) is 3. The molecule has 0 rings (SSSR count). The van der Waals surface area contributed by atoms with Crippen LogP contribution < -0.4 is 5.32 Å². The molecule has 0 aliphatic carbocycles. The molecule has 3 N–H and O–H groups in total. The van der Waals surface area contributed by atoms with Crippen molar-refractivity contribution in [1.29, 1.82) is 0 Å². The van der Waals surface area contributed by atoms with Crippen LogP contribution in [0.5, 0.6) is 0 Å². The van der Waals surface area contributed by atoms with E-state index in [4.69, 9.17) is 4.74 Å². The van der Waals surface area contributed by atoms with Gasteiger partial charge in [0.05, 0.1) is 25.2 Å². The summed E-state index contributed by atoms with van der Waals surface area (Å²) < 4.78 is 5.74. The number of carbonyl (C=O) groups is 2. The largest absolute Gasteiger partial charge is 0.458 e. The molecule has 0 bridgehead atoms. The number of unbranched alkanes of at least 4 members (excludes halogenated alkanes) is 10. The lowest BCUT2D eigenvalue weighted by Gasteiger charge is -2.23. The Balaban J connectivity index is 4.96. The Morgan fingerprint density at radius 3 is 1.59 bits per heavy atom. The van der Waals surface area contributed by atoms with Crippen LogP contribution in [0, 0.1) is 0 Å². The van der Waals surface area contributed by atoms with Gasteiger partial charge in [0.1, 0.15) is 6.10 Å². The average Bonchev–Trinajstić information content (AvgIpc) is 3.19. The van der Waals surface area contributed by atoms with Gasteiger partial charge in [-0.3, -0.25) is 9.59 Å². The van der Waals surface area contributed by atoms with Crippen molar-refractivity contribution in [2.75, 3.05) is 6.61 Å². The molecule has 0 saturated carbocycles. The summed E-state index contributed by atoms with van der Waals surface area (Å²) in [5.41, 5.74) is 0. The molecule has 0 saturated heterocycles. The normalized spacial score (nSPS) is 14.6. The summed E-state index contributed by atoms with van der Waals surface area (Å²) in [5.74, 6) is -0.736. The van der Waals surface area contributed by atoms with Crippen LogP contribution in [0.25, 0.3) is 0 Å². The van der Waals surface area contributed by atoms with Crippen molar-refractivity contribution in [3.63, 3.8) is 0 Å². The van der Waals surface area contributed by atoms with Crippen LogP contribution >= 0.6 is 0 Å². The summed E-state index contributed by atoms with van der Waals surface area (Å²) in [4.78, 5) is 25.9. The van der Waals surface area contributed by atoms with E-state index in [9.17, 15) is 19.8 Å². The SMILES string of the molecule is CC/C=C/C=C/C=C\C=C/C=C/CCCC(=O)OC(/C=C/C/C=C/C/C=C/C/C=C/C/C=C/CC)CC(=O)NC(CO)C(O)CCCCCCCCCCCC. The van der Waals surface area contributed by atoms with Gasteiger partial charge in [-0.05, 0) is 63.9 Å². The fraction of sp³-hybridized carbons (Fsp3) is 0.560. The number of ether oxygens (including phenoxy) is 1. The first-order valence-electron chi connectivity index (χ1n) is 21.8. The Hall–Kier alpha value is -3.74.